The molecule has 1 amide bonds. The van der Waals surface area contributed by atoms with E-state index in [0.29, 0.717) is 12.8 Å². The summed E-state index contributed by atoms with van der Waals surface area (Å²) in [5.41, 5.74) is 3.96. The number of carbonyl (C=O) groups excluding carboxylic acids is 1. The molecule has 0 saturated carbocycles. The molecule has 0 aliphatic carbocycles. The molecule has 4 rings (SSSR count). The molecule has 128 valence electrons. The van der Waals surface area contributed by atoms with Crippen molar-refractivity contribution in [2.45, 2.75) is 12.8 Å². The van der Waals surface area contributed by atoms with Crippen LogP contribution in [0.15, 0.2) is 78.9 Å². The minimum absolute atomic E-state index is 0.00707. The molecule has 0 bridgehead atoms. The van der Waals surface area contributed by atoms with Crippen molar-refractivity contribution >= 4 is 33.1 Å². The Hall–Kier alpha value is -2.98. The molecule has 0 radical (unpaired) electrons. The van der Waals surface area contributed by atoms with Gasteiger partial charge in [-0.3, -0.25) is 4.79 Å². The fourth-order valence-electron chi connectivity index (χ4n) is 2.92. The number of hydrogen-bond acceptors (Lipinski definition) is 3. The van der Waals surface area contributed by atoms with Crippen LogP contribution >= 0.6 is 11.3 Å². The lowest BCUT2D eigenvalue weighted by molar-refractivity contribution is -0.116. The summed E-state index contributed by atoms with van der Waals surface area (Å²) in [7, 11) is 0. The lowest BCUT2D eigenvalue weighted by Crippen LogP contribution is -2.13. The molecule has 0 saturated heterocycles. The summed E-state index contributed by atoms with van der Waals surface area (Å²) in [5, 5.41) is 4.05. The van der Waals surface area contributed by atoms with E-state index in [0.717, 1.165) is 32.0 Å². The highest BCUT2D eigenvalue weighted by Crippen LogP contribution is 2.28. The molecule has 0 atom stereocenters. The van der Waals surface area contributed by atoms with Gasteiger partial charge in [-0.2, -0.15) is 0 Å². The zero-order valence-corrected chi connectivity index (χ0v) is 15.0. The second-order valence-electron chi connectivity index (χ2n) is 6.04. The molecule has 0 unspecified atom stereocenters. The summed E-state index contributed by atoms with van der Waals surface area (Å²) in [4.78, 5) is 17.0. The molecule has 4 heteroatoms. The van der Waals surface area contributed by atoms with Gasteiger partial charge in [-0.05, 0) is 23.8 Å². The number of para-hydroxylation sites is 2. The molecule has 0 fully saturated rings. The number of rotatable bonds is 5. The van der Waals surface area contributed by atoms with Crippen molar-refractivity contribution in [2.75, 3.05) is 5.32 Å². The van der Waals surface area contributed by atoms with Crippen LogP contribution in [0.5, 0.6) is 0 Å². The van der Waals surface area contributed by atoms with E-state index in [1.54, 1.807) is 11.3 Å². The summed E-state index contributed by atoms with van der Waals surface area (Å²) in [6.07, 6.45) is 1.07. The third-order valence-corrected chi connectivity index (χ3v) is 5.29. The van der Waals surface area contributed by atoms with Crippen molar-refractivity contribution in [3.05, 3.63) is 83.9 Å². The highest BCUT2D eigenvalue weighted by atomic mass is 32.1. The highest BCUT2D eigenvalue weighted by Gasteiger charge is 2.10. The minimum Gasteiger partial charge on any atom is -0.326 e. The maximum Gasteiger partial charge on any atom is 0.224 e. The Balaban J connectivity index is 1.45. The van der Waals surface area contributed by atoms with Gasteiger partial charge in [0, 0.05) is 24.1 Å². The van der Waals surface area contributed by atoms with Gasteiger partial charge in [-0.25, -0.2) is 4.98 Å². The standard InChI is InChI=1S/C22H18N2OS/c25-21(14-15-22-24-19-12-6-7-13-20(19)26-22)23-18-11-5-4-10-17(18)16-8-2-1-3-9-16/h1-13H,14-15H2,(H,23,25). The quantitative estimate of drug-likeness (QED) is 0.509. The van der Waals surface area contributed by atoms with Gasteiger partial charge in [0.15, 0.2) is 0 Å². The first kappa shape index (κ1) is 16.5. The van der Waals surface area contributed by atoms with Crippen molar-refractivity contribution in [2.24, 2.45) is 0 Å². The Bertz CT molecular complexity index is 1010. The second-order valence-corrected chi connectivity index (χ2v) is 7.15. The molecule has 0 spiro atoms. The molecule has 26 heavy (non-hydrogen) atoms. The van der Waals surface area contributed by atoms with Crippen molar-refractivity contribution < 1.29 is 4.79 Å². The lowest BCUT2D eigenvalue weighted by Gasteiger charge is -2.11. The van der Waals surface area contributed by atoms with Gasteiger partial charge in [0.25, 0.3) is 0 Å². The molecular formula is C22H18N2OS. The average Bonchev–Trinajstić information content (AvgIpc) is 3.11. The van der Waals surface area contributed by atoms with Gasteiger partial charge in [-0.15, -0.1) is 11.3 Å². The molecule has 0 aliphatic rings. The van der Waals surface area contributed by atoms with Crippen LogP contribution in [0.1, 0.15) is 11.4 Å². The van der Waals surface area contributed by atoms with Crippen LogP contribution in [0.25, 0.3) is 21.3 Å². The van der Waals surface area contributed by atoms with Gasteiger partial charge in [0.1, 0.15) is 0 Å². The molecular weight excluding hydrogens is 340 g/mol. The van der Waals surface area contributed by atoms with Crippen molar-refractivity contribution in [1.82, 2.24) is 4.98 Å². The van der Waals surface area contributed by atoms with Crippen LogP contribution in [-0.2, 0) is 11.2 Å². The monoisotopic (exact) mass is 358 g/mol. The third-order valence-electron chi connectivity index (χ3n) is 4.19. The van der Waals surface area contributed by atoms with Gasteiger partial charge in [0.05, 0.1) is 15.2 Å². The number of amides is 1. The summed E-state index contributed by atoms with van der Waals surface area (Å²) in [6, 6.07) is 26.0. The van der Waals surface area contributed by atoms with E-state index in [-0.39, 0.29) is 5.91 Å². The maximum absolute atomic E-state index is 12.5. The summed E-state index contributed by atoms with van der Waals surface area (Å²) >= 11 is 1.65. The number of benzene rings is 3. The zero-order chi connectivity index (χ0) is 17.8. The summed E-state index contributed by atoms with van der Waals surface area (Å²) in [5.74, 6) is 0.00707. The van der Waals surface area contributed by atoms with Crippen LogP contribution in [0, 0.1) is 0 Å². The number of nitrogens with one attached hydrogen (secondary N) is 1. The predicted octanol–water partition coefficient (Wildman–Crippen LogP) is 5.53. The fourth-order valence-corrected chi connectivity index (χ4v) is 3.89. The predicted molar refractivity (Wildman–Crippen MR) is 108 cm³/mol. The zero-order valence-electron chi connectivity index (χ0n) is 14.2. The third kappa shape index (κ3) is 3.65. The van der Waals surface area contributed by atoms with Gasteiger partial charge in [0.2, 0.25) is 5.91 Å². The molecule has 4 aromatic rings. The Morgan fingerprint density at radius 1 is 0.885 bits per heavy atom. The molecule has 3 nitrogen and oxygen atoms in total. The normalized spacial score (nSPS) is 10.8. The molecule has 1 aromatic heterocycles. The van der Waals surface area contributed by atoms with E-state index in [2.05, 4.69) is 16.4 Å². The molecule has 1 N–H and O–H groups in total. The van der Waals surface area contributed by atoms with E-state index in [1.165, 1.54) is 0 Å². The second kappa shape index (κ2) is 7.50. The van der Waals surface area contributed by atoms with Crippen molar-refractivity contribution in [3.63, 3.8) is 0 Å². The number of fused-ring (bicyclic) bond motifs is 1. The van der Waals surface area contributed by atoms with Crippen LogP contribution in [0.2, 0.25) is 0 Å². The number of aromatic nitrogens is 1. The SMILES string of the molecule is O=C(CCc1nc2ccccc2s1)Nc1ccccc1-c1ccccc1. The summed E-state index contributed by atoms with van der Waals surface area (Å²) < 4.78 is 1.16. The first-order valence-corrected chi connectivity index (χ1v) is 9.40. The van der Waals surface area contributed by atoms with Crippen LogP contribution in [-0.4, -0.2) is 10.9 Å². The Labute approximate surface area is 156 Å². The number of thiazole rings is 1. The highest BCUT2D eigenvalue weighted by molar-refractivity contribution is 7.18. The minimum atomic E-state index is 0.00707. The van der Waals surface area contributed by atoms with E-state index >= 15 is 0 Å². The van der Waals surface area contributed by atoms with Gasteiger partial charge >= 0.3 is 0 Å². The first-order chi connectivity index (χ1) is 12.8. The largest absolute Gasteiger partial charge is 0.326 e. The van der Waals surface area contributed by atoms with Gasteiger partial charge in [-0.1, -0.05) is 60.7 Å². The topological polar surface area (TPSA) is 42.0 Å². The van der Waals surface area contributed by atoms with Crippen LogP contribution in [0.3, 0.4) is 0 Å². The molecule has 3 aromatic carbocycles. The number of nitrogens with zero attached hydrogens (tertiary/aromatic N) is 1. The number of aryl methyl sites for hydroxylation is 1. The lowest BCUT2D eigenvalue weighted by atomic mass is 10.0. The number of hydrogen-bond donors (Lipinski definition) is 1. The Morgan fingerprint density at radius 2 is 1.62 bits per heavy atom. The number of anilines is 1. The maximum atomic E-state index is 12.5. The van der Waals surface area contributed by atoms with E-state index in [1.807, 2.05) is 72.8 Å². The Kier molecular flexibility index (Phi) is 4.75. The van der Waals surface area contributed by atoms with E-state index in [9.17, 15) is 4.79 Å². The van der Waals surface area contributed by atoms with Crippen molar-refractivity contribution in [3.8, 4) is 11.1 Å². The van der Waals surface area contributed by atoms with E-state index in [4.69, 9.17) is 0 Å². The van der Waals surface area contributed by atoms with E-state index < -0.39 is 0 Å². The molecule has 1 heterocycles. The van der Waals surface area contributed by atoms with Gasteiger partial charge < -0.3 is 5.32 Å². The average molecular weight is 358 g/mol. The van der Waals surface area contributed by atoms with Crippen LogP contribution in [0.4, 0.5) is 5.69 Å². The molecule has 0 aliphatic heterocycles. The summed E-state index contributed by atoms with van der Waals surface area (Å²) in [6.45, 7) is 0. The van der Waals surface area contributed by atoms with Crippen molar-refractivity contribution in [1.29, 1.82) is 0 Å². The first-order valence-electron chi connectivity index (χ1n) is 8.58. The fraction of sp³-hybridized carbons (Fsp3) is 0.0909. The number of carbonyl (C=O) groups is 1. The Morgan fingerprint density at radius 3 is 2.46 bits per heavy atom. The smallest absolute Gasteiger partial charge is 0.224 e. The van der Waals surface area contributed by atoms with Crippen LogP contribution < -0.4 is 5.32 Å².